The van der Waals surface area contributed by atoms with E-state index in [1.54, 1.807) is 6.20 Å². The summed E-state index contributed by atoms with van der Waals surface area (Å²) in [4.78, 5) is 11.7. The smallest absolute Gasteiger partial charge is 0.249 e. The number of ether oxygens (including phenoxy) is 1. The highest BCUT2D eigenvalue weighted by Crippen LogP contribution is 2.13. The number of nitrogens with two attached hydrogens (primary N) is 1. The highest BCUT2D eigenvalue weighted by atomic mass is 16.5. The molecule has 1 aliphatic rings. The first-order valence-electron chi connectivity index (χ1n) is 5.44. The maximum Gasteiger partial charge on any atom is 0.249 e. The van der Waals surface area contributed by atoms with E-state index in [0.717, 1.165) is 24.8 Å². The third-order valence-corrected chi connectivity index (χ3v) is 2.68. The summed E-state index contributed by atoms with van der Waals surface area (Å²) in [6.45, 7) is 1.06. The Hall–Kier alpha value is -1.56. The average molecular weight is 224 g/mol. The monoisotopic (exact) mass is 224 g/mol. The van der Waals surface area contributed by atoms with Crippen LogP contribution in [-0.2, 0) is 16.1 Å². The Kier molecular flexibility index (Phi) is 3.40. The lowest BCUT2D eigenvalue weighted by Crippen LogP contribution is -2.38. The molecule has 0 aliphatic carbocycles. The first-order chi connectivity index (χ1) is 7.77. The van der Waals surface area contributed by atoms with Crippen molar-refractivity contribution in [2.75, 3.05) is 12.3 Å². The number of anilines is 1. The second-order valence-electron chi connectivity index (χ2n) is 3.88. The van der Waals surface area contributed by atoms with Crippen molar-refractivity contribution in [2.24, 2.45) is 0 Å². The Morgan fingerprint density at radius 3 is 3.19 bits per heavy atom. The van der Waals surface area contributed by atoms with E-state index in [-0.39, 0.29) is 12.0 Å². The molecule has 0 bridgehead atoms. The molecule has 1 aromatic heterocycles. The summed E-state index contributed by atoms with van der Waals surface area (Å²) in [6.07, 6.45) is 4.19. The van der Waals surface area contributed by atoms with Gasteiger partial charge in [0.2, 0.25) is 5.91 Å². The molecule has 0 saturated carbocycles. The van der Waals surface area contributed by atoms with Crippen molar-refractivity contribution in [1.29, 1.82) is 0 Å². The number of carbonyl (C=O) groups excluding carboxylic acids is 1. The van der Waals surface area contributed by atoms with Gasteiger partial charge in [-0.1, -0.05) is 0 Å². The minimum atomic E-state index is -0.304. The number of amides is 1. The van der Waals surface area contributed by atoms with E-state index >= 15 is 0 Å². The zero-order valence-corrected chi connectivity index (χ0v) is 9.03. The van der Waals surface area contributed by atoms with Crippen LogP contribution in [0, 0.1) is 0 Å². The molecule has 16 heavy (non-hydrogen) atoms. The van der Waals surface area contributed by atoms with Gasteiger partial charge in [-0.15, -0.1) is 0 Å². The quantitative estimate of drug-likeness (QED) is 0.682. The van der Waals surface area contributed by atoms with Crippen LogP contribution in [0.15, 0.2) is 6.20 Å². The molecule has 6 nitrogen and oxygen atoms in total. The van der Waals surface area contributed by atoms with E-state index in [1.165, 1.54) is 0 Å². The molecular formula is C10H16N4O2. The molecular weight excluding hydrogens is 208 g/mol. The summed E-state index contributed by atoms with van der Waals surface area (Å²) >= 11 is 0. The molecule has 1 atom stereocenters. The van der Waals surface area contributed by atoms with E-state index in [9.17, 15) is 4.79 Å². The van der Waals surface area contributed by atoms with Gasteiger partial charge in [0, 0.05) is 18.7 Å². The van der Waals surface area contributed by atoms with Gasteiger partial charge in [-0.25, -0.2) is 0 Å². The minimum absolute atomic E-state index is 0.0692. The molecule has 0 spiro atoms. The van der Waals surface area contributed by atoms with Crippen LogP contribution < -0.4 is 11.1 Å². The van der Waals surface area contributed by atoms with Crippen molar-refractivity contribution in [1.82, 2.24) is 15.5 Å². The van der Waals surface area contributed by atoms with Gasteiger partial charge in [-0.2, -0.15) is 5.10 Å². The first-order valence-corrected chi connectivity index (χ1v) is 5.44. The Morgan fingerprint density at radius 1 is 1.69 bits per heavy atom. The molecule has 2 rings (SSSR count). The lowest BCUT2D eigenvalue weighted by atomic mass is 10.1. The van der Waals surface area contributed by atoms with E-state index < -0.39 is 0 Å². The standard InChI is InChI=1S/C10H16N4O2/c11-9-7(6-13-14-9)5-12-10(15)8-3-1-2-4-16-8/h6,8H,1-5H2,(H,12,15)(H3,11,13,14). The van der Waals surface area contributed by atoms with Gasteiger partial charge in [0.15, 0.2) is 0 Å². The zero-order chi connectivity index (χ0) is 11.4. The fourth-order valence-corrected chi connectivity index (χ4v) is 1.71. The summed E-state index contributed by atoms with van der Waals surface area (Å²) in [6, 6.07) is 0. The molecule has 88 valence electrons. The van der Waals surface area contributed by atoms with E-state index in [0.29, 0.717) is 19.0 Å². The number of nitrogens with one attached hydrogen (secondary N) is 2. The van der Waals surface area contributed by atoms with Gasteiger partial charge in [0.25, 0.3) is 0 Å². The second-order valence-corrected chi connectivity index (χ2v) is 3.88. The molecule has 1 fully saturated rings. The lowest BCUT2D eigenvalue weighted by Gasteiger charge is -2.21. The highest BCUT2D eigenvalue weighted by Gasteiger charge is 2.21. The van der Waals surface area contributed by atoms with Gasteiger partial charge in [0.1, 0.15) is 11.9 Å². The number of hydrogen-bond acceptors (Lipinski definition) is 4. The zero-order valence-electron chi connectivity index (χ0n) is 9.03. The van der Waals surface area contributed by atoms with Crippen LogP contribution in [0.2, 0.25) is 0 Å². The van der Waals surface area contributed by atoms with Crippen molar-refractivity contribution >= 4 is 11.7 Å². The fourth-order valence-electron chi connectivity index (χ4n) is 1.71. The van der Waals surface area contributed by atoms with Crippen LogP contribution in [-0.4, -0.2) is 28.8 Å². The van der Waals surface area contributed by atoms with Gasteiger partial charge in [-0.05, 0) is 19.3 Å². The van der Waals surface area contributed by atoms with Crippen molar-refractivity contribution in [3.05, 3.63) is 11.8 Å². The Balaban J connectivity index is 1.81. The van der Waals surface area contributed by atoms with E-state index in [1.807, 2.05) is 0 Å². The maximum atomic E-state index is 11.7. The topological polar surface area (TPSA) is 93.0 Å². The second kappa shape index (κ2) is 4.98. The molecule has 0 aromatic carbocycles. The molecule has 4 N–H and O–H groups in total. The Labute approximate surface area is 93.5 Å². The minimum Gasteiger partial charge on any atom is -0.384 e. The molecule has 1 saturated heterocycles. The largest absolute Gasteiger partial charge is 0.384 e. The normalized spacial score (nSPS) is 20.6. The van der Waals surface area contributed by atoms with Gasteiger partial charge < -0.3 is 15.8 Å². The average Bonchev–Trinajstić information content (AvgIpc) is 2.73. The van der Waals surface area contributed by atoms with Crippen LogP contribution in [0.25, 0.3) is 0 Å². The Bertz CT molecular complexity index is 357. The predicted octanol–water partition coefficient (Wildman–Crippen LogP) is 0.177. The number of hydrogen-bond donors (Lipinski definition) is 3. The number of nitrogen functional groups attached to an aromatic ring is 1. The summed E-state index contributed by atoms with van der Waals surface area (Å²) in [5.74, 6) is 0.421. The van der Waals surface area contributed by atoms with Crippen molar-refractivity contribution in [2.45, 2.75) is 31.9 Å². The number of nitrogens with zero attached hydrogens (tertiary/aromatic N) is 1. The molecule has 1 amide bonds. The number of aromatic nitrogens is 2. The van der Waals surface area contributed by atoms with Gasteiger partial charge in [-0.3, -0.25) is 9.89 Å². The number of aromatic amines is 1. The maximum absolute atomic E-state index is 11.7. The molecule has 6 heteroatoms. The SMILES string of the molecule is Nc1[nH]ncc1CNC(=O)C1CCCCO1. The molecule has 1 aliphatic heterocycles. The van der Waals surface area contributed by atoms with Crippen LogP contribution in [0.4, 0.5) is 5.82 Å². The molecule has 1 unspecified atom stereocenters. The number of carbonyl (C=O) groups is 1. The lowest BCUT2D eigenvalue weighted by molar-refractivity contribution is -0.135. The fraction of sp³-hybridized carbons (Fsp3) is 0.600. The van der Waals surface area contributed by atoms with Crippen molar-refractivity contribution in [3.63, 3.8) is 0 Å². The van der Waals surface area contributed by atoms with Crippen molar-refractivity contribution < 1.29 is 9.53 Å². The molecule has 2 heterocycles. The number of rotatable bonds is 3. The van der Waals surface area contributed by atoms with Crippen LogP contribution in [0.3, 0.4) is 0 Å². The predicted molar refractivity (Wildman–Crippen MR) is 58.4 cm³/mol. The van der Waals surface area contributed by atoms with Gasteiger partial charge >= 0.3 is 0 Å². The summed E-state index contributed by atoms with van der Waals surface area (Å²) < 4.78 is 5.37. The van der Waals surface area contributed by atoms with Gasteiger partial charge in [0.05, 0.1) is 6.20 Å². The van der Waals surface area contributed by atoms with E-state index in [2.05, 4.69) is 15.5 Å². The summed E-state index contributed by atoms with van der Waals surface area (Å²) in [5, 5.41) is 9.19. The number of H-pyrrole nitrogens is 1. The van der Waals surface area contributed by atoms with E-state index in [4.69, 9.17) is 10.5 Å². The van der Waals surface area contributed by atoms with Crippen molar-refractivity contribution in [3.8, 4) is 0 Å². The Morgan fingerprint density at radius 2 is 2.56 bits per heavy atom. The van der Waals surface area contributed by atoms with Crippen LogP contribution in [0.5, 0.6) is 0 Å². The molecule has 1 aromatic rings. The third-order valence-electron chi connectivity index (χ3n) is 2.68. The first kappa shape index (κ1) is 10.9. The van der Waals surface area contributed by atoms with Crippen LogP contribution >= 0.6 is 0 Å². The highest BCUT2D eigenvalue weighted by molar-refractivity contribution is 5.80. The molecule has 0 radical (unpaired) electrons. The van der Waals surface area contributed by atoms with Crippen LogP contribution in [0.1, 0.15) is 24.8 Å². The third kappa shape index (κ3) is 2.52. The summed E-state index contributed by atoms with van der Waals surface area (Å²) in [7, 11) is 0. The summed E-state index contributed by atoms with van der Waals surface area (Å²) in [5.41, 5.74) is 6.40.